The molecule has 2 heteroatoms. The Balaban J connectivity index is 1.94. The van der Waals surface area contributed by atoms with Gasteiger partial charge >= 0.3 is 0 Å². The van der Waals surface area contributed by atoms with Crippen LogP contribution < -0.4 is 9.47 Å². The van der Waals surface area contributed by atoms with E-state index in [0.717, 1.165) is 28.0 Å². The molecule has 0 spiro atoms. The van der Waals surface area contributed by atoms with Crippen LogP contribution in [0, 0.1) is 0 Å². The van der Waals surface area contributed by atoms with Gasteiger partial charge in [-0.1, -0.05) is 60.7 Å². The molecule has 0 amide bonds. The topological polar surface area (TPSA) is 18.5 Å². The van der Waals surface area contributed by atoms with Gasteiger partial charge in [-0.15, -0.1) is 0 Å². The number of hydrogen-bond acceptors (Lipinski definition) is 2. The molecule has 0 bridgehead atoms. The van der Waals surface area contributed by atoms with E-state index in [1.54, 1.807) is 0 Å². The van der Waals surface area contributed by atoms with E-state index >= 15 is 0 Å². The zero-order valence-corrected chi connectivity index (χ0v) is 12.5. The second-order valence-electron chi connectivity index (χ2n) is 5.73. The van der Waals surface area contributed by atoms with Crippen LogP contribution in [0.25, 0.3) is 32.7 Å². The molecule has 0 aliphatic carbocycles. The van der Waals surface area contributed by atoms with Crippen molar-refractivity contribution in [2.75, 3.05) is 6.79 Å². The molecule has 0 N–H and O–H groups in total. The largest absolute Gasteiger partial charge is 0.457 e. The van der Waals surface area contributed by atoms with Crippen molar-refractivity contribution in [3.63, 3.8) is 0 Å². The molecule has 1 aliphatic heterocycles. The summed E-state index contributed by atoms with van der Waals surface area (Å²) in [5, 5.41) is 4.69. The molecular formula is C21H14O2. The lowest BCUT2D eigenvalue weighted by atomic mass is 9.94. The first-order valence-electron chi connectivity index (χ1n) is 7.71. The molecule has 0 fully saturated rings. The second kappa shape index (κ2) is 4.75. The van der Waals surface area contributed by atoms with Gasteiger partial charge in [0, 0.05) is 16.5 Å². The summed E-state index contributed by atoms with van der Waals surface area (Å²) in [6.07, 6.45) is 0. The van der Waals surface area contributed by atoms with Gasteiger partial charge in [0.2, 0.25) is 6.79 Å². The van der Waals surface area contributed by atoms with Crippen molar-refractivity contribution in [3.05, 3.63) is 72.8 Å². The minimum Gasteiger partial charge on any atom is -0.457 e. The van der Waals surface area contributed by atoms with E-state index in [1.807, 2.05) is 18.2 Å². The lowest BCUT2D eigenvalue weighted by molar-refractivity contribution is 0.126. The van der Waals surface area contributed by atoms with Gasteiger partial charge < -0.3 is 9.47 Å². The van der Waals surface area contributed by atoms with Crippen molar-refractivity contribution in [1.82, 2.24) is 0 Å². The summed E-state index contributed by atoms with van der Waals surface area (Å²) in [5.74, 6) is 1.77. The predicted octanol–water partition coefficient (Wildman–Crippen LogP) is 5.39. The third-order valence-corrected chi connectivity index (χ3v) is 4.46. The van der Waals surface area contributed by atoms with Gasteiger partial charge in [-0.25, -0.2) is 0 Å². The number of ether oxygens (including phenoxy) is 2. The molecule has 0 unspecified atom stereocenters. The van der Waals surface area contributed by atoms with Crippen molar-refractivity contribution in [2.24, 2.45) is 0 Å². The molecule has 0 aromatic heterocycles. The minimum absolute atomic E-state index is 0.229. The average Bonchev–Trinajstić information content (AvgIpc) is 2.81. The van der Waals surface area contributed by atoms with Gasteiger partial charge in [0.15, 0.2) is 0 Å². The highest BCUT2D eigenvalue weighted by Gasteiger charge is 2.20. The van der Waals surface area contributed by atoms with E-state index < -0.39 is 0 Å². The second-order valence-corrected chi connectivity index (χ2v) is 5.73. The Bertz CT molecular complexity index is 1050. The van der Waals surface area contributed by atoms with Gasteiger partial charge in [-0.3, -0.25) is 0 Å². The lowest BCUT2D eigenvalue weighted by Crippen LogP contribution is -2.03. The fourth-order valence-electron chi connectivity index (χ4n) is 3.40. The molecule has 4 aromatic rings. The maximum Gasteiger partial charge on any atom is 0.230 e. The minimum atomic E-state index is 0.229. The number of rotatable bonds is 0. The summed E-state index contributed by atoms with van der Waals surface area (Å²) < 4.78 is 11.8. The normalized spacial score (nSPS) is 12.9. The molecule has 0 saturated carbocycles. The standard InChI is InChI=1S/C21H14O2/c1-3-7-16-14(5-1)10-12-19-20(16)18-11-9-15-6-2-4-8-17(15)21(18)23-13-22-19/h1-12H,13H2. The molecule has 23 heavy (non-hydrogen) atoms. The first-order chi connectivity index (χ1) is 11.4. The summed E-state index contributed by atoms with van der Waals surface area (Å²) in [5.41, 5.74) is 2.20. The van der Waals surface area contributed by atoms with Crippen molar-refractivity contribution < 1.29 is 9.47 Å². The van der Waals surface area contributed by atoms with E-state index in [9.17, 15) is 0 Å². The van der Waals surface area contributed by atoms with E-state index in [0.29, 0.717) is 0 Å². The number of fused-ring (bicyclic) bond motifs is 7. The Morgan fingerprint density at radius 3 is 2.17 bits per heavy atom. The maximum absolute atomic E-state index is 5.97. The van der Waals surface area contributed by atoms with Crippen LogP contribution in [0.1, 0.15) is 0 Å². The molecule has 0 atom stereocenters. The molecule has 0 saturated heterocycles. The maximum atomic E-state index is 5.97. The zero-order valence-electron chi connectivity index (χ0n) is 12.5. The quantitative estimate of drug-likeness (QED) is 0.433. The highest BCUT2D eigenvalue weighted by molar-refractivity contribution is 6.05. The SMILES string of the molecule is c1ccc2c3c(ccc2c1)-c1c(ccc2ccccc12)OCO3. The van der Waals surface area contributed by atoms with Crippen LogP contribution in [0.2, 0.25) is 0 Å². The van der Waals surface area contributed by atoms with Gasteiger partial charge in [0.1, 0.15) is 11.5 Å². The molecular weight excluding hydrogens is 284 g/mol. The Morgan fingerprint density at radius 1 is 0.609 bits per heavy atom. The third kappa shape index (κ3) is 1.82. The van der Waals surface area contributed by atoms with Crippen LogP contribution in [0.5, 0.6) is 11.5 Å². The van der Waals surface area contributed by atoms with Gasteiger partial charge in [0.05, 0.1) is 0 Å². The third-order valence-electron chi connectivity index (χ3n) is 4.46. The summed E-state index contributed by atoms with van der Waals surface area (Å²) >= 11 is 0. The van der Waals surface area contributed by atoms with Crippen molar-refractivity contribution in [2.45, 2.75) is 0 Å². The fourth-order valence-corrected chi connectivity index (χ4v) is 3.40. The van der Waals surface area contributed by atoms with Crippen LogP contribution in [0.15, 0.2) is 72.8 Å². The van der Waals surface area contributed by atoms with Crippen molar-refractivity contribution >= 4 is 21.5 Å². The Hall–Kier alpha value is -3.00. The summed E-state index contributed by atoms with van der Waals surface area (Å²) in [6.45, 7) is 0.229. The van der Waals surface area contributed by atoms with E-state index in [1.165, 1.54) is 16.2 Å². The van der Waals surface area contributed by atoms with Crippen LogP contribution in [-0.2, 0) is 0 Å². The van der Waals surface area contributed by atoms with E-state index in [4.69, 9.17) is 9.47 Å². The molecule has 5 rings (SSSR count). The Kier molecular flexibility index (Phi) is 2.59. The number of hydrogen-bond donors (Lipinski definition) is 0. The molecule has 4 aromatic carbocycles. The monoisotopic (exact) mass is 298 g/mol. The van der Waals surface area contributed by atoms with Crippen molar-refractivity contribution in [3.8, 4) is 22.6 Å². The van der Waals surface area contributed by atoms with Gasteiger partial charge in [-0.2, -0.15) is 0 Å². The molecule has 0 radical (unpaired) electrons. The molecule has 110 valence electrons. The molecule has 1 heterocycles. The number of benzene rings is 4. The van der Waals surface area contributed by atoms with Crippen LogP contribution in [0.4, 0.5) is 0 Å². The molecule has 1 aliphatic rings. The van der Waals surface area contributed by atoms with Gasteiger partial charge in [-0.05, 0) is 28.3 Å². The summed E-state index contributed by atoms with van der Waals surface area (Å²) in [7, 11) is 0. The first-order valence-corrected chi connectivity index (χ1v) is 7.71. The summed E-state index contributed by atoms with van der Waals surface area (Å²) in [4.78, 5) is 0. The van der Waals surface area contributed by atoms with E-state index in [2.05, 4.69) is 54.6 Å². The van der Waals surface area contributed by atoms with Crippen molar-refractivity contribution in [1.29, 1.82) is 0 Å². The van der Waals surface area contributed by atoms with Crippen LogP contribution in [0.3, 0.4) is 0 Å². The zero-order chi connectivity index (χ0) is 15.2. The average molecular weight is 298 g/mol. The van der Waals surface area contributed by atoms with Crippen LogP contribution >= 0.6 is 0 Å². The van der Waals surface area contributed by atoms with Gasteiger partial charge in [0.25, 0.3) is 0 Å². The first kappa shape index (κ1) is 12.5. The predicted molar refractivity (Wildman–Crippen MR) is 93.0 cm³/mol. The fraction of sp³-hybridized carbons (Fsp3) is 0.0476. The highest BCUT2D eigenvalue weighted by Crippen LogP contribution is 2.45. The molecule has 2 nitrogen and oxygen atoms in total. The lowest BCUT2D eigenvalue weighted by Gasteiger charge is -2.12. The van der Waals surface area contributed by atoms with Crippen LogP contribution in [-0.4, -0.2) is 6.79 Å². The highest BCUT2D eigenvalue weighted by atomic mass is 16.7. The Labute approximate surface area is 133 Å². The summed E-state index contributed by atoms with van der Waals surface area (Å²) in [6, 6.07) is 25.1. The smallest absolute Gasteiger partial charge is 0.230 e. The van der Waals surface area contributed by atoms with E-state index in [-0.39, 0.29) is 6.79 Å². The Morgan fingerprint density at radius 2 is 1.30 bits per heavy atom.